The van der Waals surface area contributed by atoms with Crippen molar-refractivity contribution in [1.82, 2.24) is 4.72 Å². The largest absolute Gasteiger partial charge is 0.383 e. The second-order valence-corrected chi connectivity index (χ2v) is 8.09. The normalized spacial score (nSPS) is 11.9. The summed E-state index contributed by atoms with van der Waals surface area (Å²) in [4.78, 5) is 0.140. The van der Waals surface area contributed by atoms with Gasteiger partial charge in [-0.1, -0.05) is 66.7 Å². The quantitative estimate of drug-likeness (QED) is 0.418. The van der Waals surface area contributed by atoms with Gasteiger partial charge in [-0.3, -0.25) is 0 Å². The molecule has 0 aliphatic heterocycles. The molecule has 0 saturated carbocycles. The zero-order valence-electron chi connectivity index (χ0n) is 16.1. The van der Waals surface area contributed by atoms with E-state index >= 15 is 0 Å². The van der Waals surface area contributed by atoms with Gasteiger partial charge in [0.2, 0.25) is 10.0 Å². The second kappa shape index (κ2) is 10.1. The van der Waals surface area contributed by atoms with Gasteiger partial charge in [-0.2, -0.15) is 10.2 Å². The molecule has 1 N–H and O–H groups in total. The molecule has 0 aliphatic carbocycles. The monoisotopic (exact) mass is 409 g/mol. The van der Waals surface area contributed by atoms with E-state index in [2.05, 4.69) is 15.0 Å². The Kier molecular flexibility index (Phi) is 7.24. The van der Waals surface area contributed by atoms with Crippen molar-refractivity contribution in [3.8, 4) is 0 Å². The predicted octanol–water partition coefficient (Wildman–Crippen LogP) is 4.48. The number of hydrogen-bond donors (Lipinski definition) is 1. The van der Waals surface area contributed by atoms with Gasteiger partial charge in [0.05, 0.1) is 17.2 Å². The summed E-state index contributed by atoms with van der Waals surface area (Å²) in [6, 6.07) is 25.9. The number of benzene rings is 3. The second-order valence-electron chi connectivity index (χ2n) is 6.33. The van der Waals surface area contributed by atoms with Gasteiger partial charge in [-0.05, 0) is 29.3 Å². The van der Waals surface area contributed by atoms with Crippen molar-refractivity contribution in [3.05, 3.63) is 96.1 Å². The number of methoxy groups -OCH3 is 1. The Morgan fingerprint density at radius 1 is 0.897 bits per heavy atom. The van der Waals surface area contributed by atoms with Crippen LogP contribution in [0.3, 0.4) is 0 Å². The summed E-state index contributed by atoms with van der Waals surface area (Å²) >= 11 is 0. The van der Waals surface area contributed by atoms with Crippen molar-refractivity contribution < 1.29 is 13.2 Å². The maximum absolute atomic E-state index is 12.4. The zero-order chi connectivity index (χ0) is 20.5. The fraction of sp³-hybridized carbons (Fsp3) is 0.182. The average Bonchev–Trinajstić information content (AvgIpc) is 2.76. The van der Waals surface area contributed by atoms with Gasteiger partial charge >= 0.3 is 0 Å². The van der Waals surface area contributed by atoms with Gasteiger partial charge in [-0.25, -0.2) is 13.1 Å². The maximum atomic E-state index is 12.4. The predicted molar refractivity (Wildman–Crippen MR) is 113 cm³/mol. The van der Waals surface area contributed by atoms with Crippen molar-refractivity contribution >= 4 is 15.7 Å². The van der Waals surface area contributed by atoms with E-state index in [0.717, 1.165) is 11.1 Å². The molecule has 0 fully saturated rings. The molecule has 3 aromatic rings. The fourth-order valence-corrected chi connectivity index (χ4v) is 3.85. The van der Waals surface area contributed by atoms with E-state index in [4.69, 9.17) is 4.74 Å². The van der Waals surface area contributed by atoms with Gasteiger partial charge in [-0.15, -0.1) is 0 Å². The number of nitrogens with one attached hydrogen (secondary N) is 1. The molecule has 7 heteroatoms. The highest BCUT2D eigenvalue weighted by molar-refractivity contribution is 7.89. The molecule has 6 nitrogen and oxygen atoms in total. The SMILES string of the molecule is COCCNS(=O)(=O)c1cccc(N=NC(c2ccccc2)c2ccccc2)c1. The molecule has 0 unspecified atom stereocenters. The van der Waals surface area contributed by atoms with Crippen molar-refractivity contribution in [1.29, 1.82) is 0 Å². The standard InChI is InChI=1S/C22H23N3O3S/c1-28-16-15-23-29(26,27)21-14-8-13-20(17-21)24-25-22(18-9-4-2-5-10-18)19-11-6-3-7-12-19/h2-14,17,22-23H,15-16H2,1H3. The Hall–Kier alpha value is -2.87. The Bertz CT molecular complexity index is 1000. The van der Waals surface area contributed by atoms with E-state index in [1.807, 2.05) is 60.7 Å². The first-order valence-electron chi connectivity index (χ1n) is 9.19. The third-order valence-electron chi connectivity index (χ3n) is 4.25. The van der Waals surface area contributed by atoms with Crippen LogP contribution in [0.2, 0.25) is 0 Å². The number of rotatable bonds is 9. The van der Waals surface area contributed by atoms with Crippen LogP contribution in [0.1, 0.15) is 17.2 Å². The Morgan fingerprint density at radius 2 is 1.52 bits per heavy atom. The third kappa shape index (κ3) is 5.80. The van der Waals surface area contributed by atoms with Crippen LogP contribution in [-0.2, 0) is 14.8 Å². The third-order valence-corrected chi connectivity index (χ3v) is 5.70. The number of ether oxygens (including phenoxy) is 1. The van der Waals surface area contributed by atoms with Crippen LogP contribution in [-0.4, -0.2) is 28.7 Å². The minimum Gasteiger partial charge on any atom is -0.383 e. The summed E-state index contributed by atoms with van der Waals surface area (Å²) < 4.78 is 32.2. The lowest BCUT2D eigenvalue weighted by Crippen LogP contribution is -2.27. The molecule has 0 spiro atoms. The molecule has 3 rings (SSSR count). The maximum Gasteiger partial charge on any atom is 0.240 e. The molecule has 0 aliphatic rings. The summed E-state index contributed by atoms with van der Waals surface area (Å²) in [7, 11) is -2.11. The van der Waals surface area contributed by atoms with Crippen LogP contribution in [0.4, 0.5) is 5.69 Å². The van der Waals surface area contributed by atoms with Crippen LogP contribution >= 0.6 is 0 Å². The molecule has 3 aromatic carbocycles. The summed E-state index contributed by atoms with van der Waals surface area (Å²) in [5.74, 6) is 0. The van der Waals surface area contributed by atoms with E-state index in [1.54, 1.807) is 12.1 Å². The Morgan fingerprint density at radius 3 is 2.10 bits per heavy atom. The molecule has 0 amide bonds. The van der Waals surface area contributed by atoms with Gasteiger partial charge in [0, 0.05) is 13.7 Å². The highest BCUT2D eigenvalue weighted by Gasteiger charge is 2.15. The molecular weight excluding hydrogens is 386 g/mol. The lowest BCUT2D eigenvalue weighted by atomic mass is 10.00. The van der Waals surface area contributed by atoms with E-state index in [1.165, 1.54) is 19.2 Å². The van der Waals surface area contributed by atoms with Crippen LogP contribution in [0.5, 0.6) is 0 Å². The fourth-order valence-electron chi connectivity index (χ4n) is 2.80. The topological polar surface area (TPSA) is 80.1 Å². The minimum atomic E-state index is -3.63. The smallest absolute Gasteiger partial charge is 0.240 e. The first-order chi connectivity index (χ1) is 14.1. The van der Waals surface area contributed by atoms with Gasteiger partial charge in [0.25, 0.3) is 0 Å². The average molecular weight is 410 g/mol. The first-order valence-corrected chi connectivity index (χ1v) is 10.7. The van der Waals surface area contributed by atoms with Gasteiger partial charge < -0.3 is 4.74 Å². The van der Waals surface area contributed by atoms with E-state index in [-0.39, 0.29) is 17.5 Å². The van der Waals surface area contributed by atoms with Crippen LogP contribution < -0.4 is 4.72 Å². The molecule has 0 atom stereocenters. The molecule has 29 heavy (non-hydrogen) atoms. The summed E-state index contributed by atoms with van der Waals surface area (Å²) in [5.41, 5.74) is 2.48. The van der Waals surface area contributed by atoms with Crippen LogP contribution in [0.25, 0.3) is 0 Å². The number of hydrogen-bond acceptors (Lipinski definition) is 5. The van der Waals surface area contributed by atoms with Crippen molar-refractivity contribution in [2.24, 2.45) is 10.2 Å². The first kappa shape index (κ1) is 20.9. The minimum absolute atomic E-state index is 0.140. The molecule has 0 heterocycles. The highest BCUT2D eigenvalue weighted by atomic mass is 32.2. The zero-order valence-corrected chi connectivity index (χ0v) is 16.9. The van der Waals surface area contributed by atoms with Crippen molar-refractivity contribution in [2.45, 2.75) is 10.9 Å². The van der Waals surface area contributed by atoms with Crippen molar-refractivity contribution in [3.63, 3.8) is 0 Å². The van der Waals surface area contributed by atoms with Crippen LogP contribution in [0.15, 0.2) is 100 Å². The molecule has 150 valence electrons. The molecule has 0 bridgehead atoms. The number of sulfonamides is 1. The summed E-state index contributed by atoms with van der Waals surface area (Å²) in [6.45, 7) is 0.503. The molecule has 0 saturated heterocycles. The summed E-state index contributed by atoms with van der Waals surface area (Å²) in [5, 5.41) is 8.86. The van der Waals surface area contributed by atoms with Crippen molar-refractivity contribution in [2.75, 3.05) is 20.3 Å². The van der Waals surface area contributed by atoms with E-state index in [0.29, 0.717) is 12.3 Å². The Balaban J connectivity index is 1.87. The van der Waals surface area contributed by atoms with Gasteiger partial charge in [0.1, 0.15) is 6.04 Å². The highest BCUT2D eigenvalue weighted by Crippen LogP contribution is 2.28. The molecule has 0 radical (unpaired) electrons. The van der Waals surface area contributed by atoms with E-state index in [9.17, 15) is 8.42 Å². The molecular formula is C22H23N3O3S. The lowest BCUT2D eigenvalue weighted by molar-refractivity contribution is 0.204. The van der Waals surface area contributed by atoms with Crippen LogP contribution in [0, 0.1) is 0 Å². The van der Waals surface area contributed by atoms with E-state index < -0.39 is 10.0 Å². The number of azo groups is 1. The Labute approximate surface area is 171 Å². The number of nitrogens with zero attached hydrogens (tertiary/aromatic N) is 2. The van der Waals surface area contributed by atoms with Gasteiger partial charge in [0.15, 0.2) is 0 Å². The molecule has 0 aromatic heterocycles. The lowest BCUT2D eigenvalue weighted by Gasteiger charge is -2.12. The summed E-state index contributed by atoms with van der Waals surface area (Å²) in [6.07, 6.45) is 0.